The molecular formula is C14H16N2O6S2. The Morgan fingerprint density at radius 3 is 2.50 bits per heavy atom. The Morgan fingerprint density at radius 1 is 1.33 bits per heavy atom. The van der Waals surface area contributed by atoms with Crippen LogP contribution in [0.4, 0.5) is 0 Å². The van der Waals surface area contributed by atoms with Crippen molar-refractivity contribution in [2.75, 3.05) is 19.4 Å². The number of nitrogens with zero attached hydrogens (tertiary/aromatic N) is 2. The summed E-state index contributed by atoms with van der Waals surface area (Å²) in [5.41, 5.74) is 0.0242. The molecule has 10 heteroatoms. The van der Waals surface area contributed by atoms with Crippen LogP contribution in [0, 0.1) is 17.0 Å². The van der Waals surface area contributed by atoms with E-state index in [0.29, 0.717) is 12.2 Å². The summed E-state index contributed by atoms with van der Waals surface area (Å²) in [7, 11) is -2.99. The van der Waals surface area contributed by atoms with Gasteiger partial charge in [0.05, 0.1) is 16.9 Å². The first-order chi connectivity index (χ1) is 11.3. The number of nitro groups is 1. The van der Waals surface area contributed by atoms with Gasteiger partial charge in [-0.05, 0) is 25.5 Å². The van der Waals surface area contributed by atoms with E-state index in [1.165, 1.54) is 12.1 Å². The van der Waals surface area contributed by atoms with Crippen molar-refractivity contribution in [3.8, 4) is 0 Å². The lowest BCUT2D eigenvalue weighted by Crippen LogP contribution is -2.36. The first-order valence-electron chi connectivity index (χ1n) is 6.98. The van der Waals surface area contributed by atoms with Crippen LogP contribution in [0.2, 0.25) is 0 Å². The zero-order chi connectivity index (χ0) is 17.9. The van der Waals surface area contributed by atoms with Crippen LogP contribution < -0.4 is 0 Å². The minimum Gasteiger partial charge on any atom is -0.461 e. The highest BCUT2D eigenvalue weighted by Gasteiger charge is 2.39. The minimum atomic E-state index is -4.01. The number of methoxy groups -OCH3 is 1. The van der Waals surface area contributed by atoms with Crippen LogP contribution >= 0.6 is 11.8 Å². The van der Waals surface area contributed by atoms with Crippen molar-refractivity contribution in [2.45, 2.75) is 18.2 Å². The quantitative estimate of drug-likeness (QED) is 0.343. The molecule has 0 saturated carbocycles. The Labute approximate surface area is 143 Å². The number of rotatable bonds is 4. The number of hydrogen-bond donors (Lipinski definition) is 0. The van der Waals surface area contributed by atoms with Gasteiger partial charge in [-0.2, -0.15) is 0 Å². The van der Waals surface area contributed by atoms with Gasteiger partial charge in [-0.1, -0.05) is 17.7 Å². The van der Waals surface area contributed by atoms with Crippen LogP contribution in [0.25, 0.3) is 0 Å². The Bertz CT molecular complexity index is 786. The highest BCUT2D eigenvalue weighted by molar-refractivity contribution is 8.04. The fourth-order valence-corrected chi connectivity index (χ4v) is 5.00. The number of carbonyl (C=O) groups is 1. The molecule has 1 aliphatic rings. The maximum Gasteiger partial charge on any atom is 0.412 e. The molecule has 1 aromatic carbocycles. The number of esters is 1. The molecule has 0 spiro atoms. The van der Waals surface area contributed by atoms with E-state index in [2.05, 4.69) is 4.74 Å². The van der Waals surface area contributed by atoms with E-state index in [9.17, 15) is 23.3 Å². The number of benzene rings is 1. The molecular weight excluding hydrogens is 356 g/mol. The molecule has 0 atom stereocenters. The van der Waals surface area contributed by atoms with Gasteiger partial charge in [-0.15, -0.1) is 11.8 Å². The standard InChI is InChI=1S/C14H16N2O6S2/c1-10-4-6-11(7-5-10)24(20,21)15-8-3-9-23-13(15)12(16(18)19)14(17)22-2/h4-7H,3,8-9H2,1-2H3/b13-12-. The molecule has 1 aromatic rings. The fourth-order valence-electron chi connectivity index (χ4n) is 2.14. The highest BCUT2D eigenvalue weighted by Crippen LogP contribution is 2.35. The summed E-state index contributed by atoms with van der Waals surface area (Å²) >= 11 is 0.960. The second-order valence-corrected chi connectivity index (χ2v) is 7.94. The largest absolute Gasteiger partial charge is 0.461 e. The van der Waals surface area contributed by atoms with Crippen LogP contribution in [-0.2, 0) is 19.6 Å². The summed E-state index contributed by atoms with van der Waals surface area (Å²) < 4.78 is 31.1. The lowest BCUT2D eigenvalue weighted by atomic mass is 10.2. The lowest BCUT2D eigenvalue weighted by molar-refractivity contribution is -0.422. The Balaban J connectivity index is 2.58. The van der Waals surface area contributed by atoms with Gasteiger partial charge in [-0.3, -0.25) is 14.4 Å². The molecule has 1 heterocycles. The first-order valence-corrected chi connectivity index (χ1v) is 9.40. The van der Waals surface area contributed by atoms with Crippen molar-refractivity contribution in [3.63, 3.8) is 0 Å². The third-order valence-electron chi connectivity index (χ3n) is 3.34. The van der Waals surface area contributed by atoms with E-state index in [4.69, 9.17) is 0 Å². The number of sulfonamides is 1. The monoisotopic (exact) mass is 372 g/mol. The van der Waals surface area contributed by atoms with Crippen LogP contribution in [0.15, 0.2) is 39.9 Å². The van der Waals surface area contributed by atoms with E-state index >= 15 is 0 Å². The second-order valence-electron chi connectivity index (χ2n) is 4.99. The Kier molecular flexibility index (Phi) is 5.50. The third kappa shape index (κ3) is 3.54. The molecule has 24 heavy (non-hydrogen) atoms. The van der Waals surface area contributed by atoms with Gasteiger partial charge in [0.2, 0.25) is 0 Å². The predicted molar refractivity (Wildman–Crippen MR) is 88.2 cm³/mol. The molecule has 8 nitrogen and oxygen atoms in total. The maximum absolute atomic E-state index is 12.9. The Hall–Kier alpha value is -2.07. The van der Waals surface area contributed by atoms with Gasteiger partial charge in [0.1, 0.15) is 0 Å². The minimum absolute atomic E-state index is 0.0145. The lowest BCUT2D eigenvalue weighted by Gasteiger charge is -2.29. The van der Waals surface area contributed by atoms with Gasteiger partial charge >= 0.3 is 11.7 Å². The molecule has 0 aromatic heterocycles. The third-order valence-corrected chi connectivity index (χ3v) is 6.45. The summed E-state index contributed by atoms with van der Waals surface area (Å²) in [6.07, 6.45) is 0.519. The molecule has 0 bridgehead atoms. The first kappa shape index (κ1) is 18.3. The normalized spacial score (nSPS) is 17.3. The fraction of sp³-hybridized carbons (Fsp3) is 0.357. The SMILES string of the molecule is COC(=O)/C(=C1/SCCCN1S(=O)(=O)c1ccc(C)cc1)[N+](=O)[O-]. The van der Waals surface area contributed by atoms with Crippen LogP contribution in [0.5, 0.6) is 0 Å². The number of carbonyl (C=O) groups excluding carboxylic acids is 1. The van der Waals surface area contributed by atoms with Crippen molar-refractivity contribution in [3.05, 3.63) is 50.7 Å². The smallest absolute Gasteiger partial charge is 0.412 e. The maximum atomic E-state index is 12.9. The number of aryl methyl sites for hydroxylation is 1. The average Bonchev–Trinajstić information content (AvgIpc) is 2.55. The topological polar surface area (TPSA) is 107 Å². The molecule has 0 aliphatic carbocycles. The molecule has 0 amide bonds. The average molecular weight is 372 g/mol. The Morgan fingerprint density at radius 2 is 1.96 bits per heavy atom. The van der Waals surface area contributed by atoms with Crippen LogP contribution in [0.3, 0.4) is 0 Å². The number of ether oxygens (including phenoxy) is 1. The van der Waals surface area contributed by atoms with E-state index in [0.717, 1.165) is 28.7 Å². The second kappa shape index (κ2) is 7.22. The number of thioether (sulfide) groups is 1. The molecule has 1 fully saturated rings. The highest BCUT2D eigenvalue weighted by atomic mass is 32.2. The molecule has 2 rings (SSSR count). The van der Waals surface area contributed by atoms with Gasteiger partial charge in [-0.25, -0.2) is 13.2 Å². The molecule has 0 N–H and O–H groups in total. The van der Waals surface area contributed by atoms with E-state index in [1.54, 1.807) is 12.1 Å². The van der Waals surface area contributed by atoms with Crippen molar-refractivity contribution < 1.29 is 22.9 Å². The van der Waals surface area contributed by atoms with Crippen molar-refractivity contribution in [1.29, 1.82) is 0 Å². The van der Waals surface area contributed by atoms with Gasteiger partial charge in [0.15, 0.2) is 5.03 Å². The van der Waals surface area contributed by atoms with Crippen molar-refractivity contribution in [1.82, 2.24) is 4.31 Å². The molecule has 0 radical (unpaired) electrons. The zero-order valence-electron chi connectivity index (χ0n) is 13.1. The summed E-state index contributed by atoms with van der Waals surface area (Å²) in [6.45, 7) is 1.88. The van der Waals surface area contributed by atoms with E-state index in [-0.39, 0.29) is 16.5 Å². The summed E-state index contributed by atoms with van der Waals surface area (Å²) in [5.74, 6) is -0.697. The van der Waals surface area contributed by atoms with Gasteiger partial charge in [0, 0.05) is 12.3 Å². The summed E-state index contributed by atoms with van der Waals surface area (Å²) in [5, 5.41) is 11.1. The summed E-state index contributed by atoms with van der Waals surface area (Å²) in [4.78, 5) is 22.1. The van der Waals surface area contributed by atoms with Crippen LogP contribution in [-0.4, -0.2) is 43.0 Å². The van der Waals surface area contributed by atoms with Gasteiger partial charge < -0.3 is 4.74 Å². The molecule has 1 saturated heterocycles. The molecule has 0 unspecified atom stereocenters. The van der Waals surface area contributed by atoms with Gasteiger partial charge in [0.25, 0.3) is 10.0 Å². The number of hydrogen-bond acceptors (Lipinski definition) is 7. The van der Waals surface area contributed by atoms with E-state index in [1.807, 2.05) is 6.92 Å². The summed E-state index contributed by atoms with van der Waals surface area (Å²) in [6, 6.07) is 6.15. The molecule has 1 aliphatic heterocycles. The van der Waals surface area contributed by atoms with E-state index < -0.39 is 26.6 Å². The zero-order valence-corrected chi connectivity index (χ0v) is 14.7. The van der Waals surface area contributed by atoms with Crippen molar-refractivity contribution >= 4 is 27.8 Å². The van der Waals surface area contributed by atoms with Crippen LogP contribution in [0.1, 0.15) is 12.0 Å². The molecule has 130 valence electrons. The van der Waals surface area contributed by atoms with Crippen molar-refractivity contribution in [2.24, 2.45) is 0 Å². The predicted octanol–water partition coefficient (Wildman–Crippen LogP) is 1.74.